The lowest BCUT2D eigenvalue weighted by Gasteiger charge is -2.29. The van der Waals surface area contributed by atoms with Crippen molar-refractivity contribution < 1.29 is 4.79 Å². The van der Waals surface area contributed by atoms with Gasteiger partial charge in [-0.15, -0.1) is 11.3 Å². The van der Waals surface area contributed by atoms with Crippen LogP contribution in [0, 0.1) is 13.8 Å². The Morgan fingerprint density at radius 1 is 1.42 bits per heavy atom. The predicted molar refractivity (Wildman–Crippen MR) is 77.4 cm³/mol. The van der Waals surface area contributed by atoms with Crippen molar-refractivity contribution >= 4 is 17.2 Å². The van der Waals surface area contributed by atoms with Gasteiger partial charge in [-0.25, -0.2) is 4.98 Å². The molecular formula is C13H22N4OS. The summed E-state index contributed by atoms with van der Waals surface area (Å²) in [4.78, 5) is 21.8. The Morgan fingerprint density at radius 3 is 2.68 bits per heavy atom. The Hall–Kier alpha value is -0.980. The molecule has 0 radical (unpaired) electrons. The summed E-state index contributed by atoms with van der Waals surface area (Å²) in [6, 6.07) is 0. The molecule has 1 aromatic rings. The summed E-state index contributed by atoms with van der Waals surface area (Å²) in [6.07, 6.45) is 0. The van der Waals surface area contributed by atoms with E-state index in [1.165, 1.54) is 4.88 Å². The van der Waals surface area contributed by atoms with E-state index in [0.29, 0.717) is 6.54 Å². The van der Waals surface area contributed by atoms with E-state index in [9.17, 15) is 4.79 Å². The first-order valence-corrected chi connectivity index (χ1v) is 7.48. The number of hydrogen-bond acceptors (Lipinski definition) is 5. The number of nitrogens with one attached hydrogen (secondary N) is 1. The number of aryl methyl sites for hydroxylation is 2. The number of nitrogens with zero attached hydrogens (tertiary/aromatic N) is 3. The Bertz CT molecular complexity index is 440. The van der Waals surface area contributed by atoms with E-state index in [1.54, 1.807) is 11.3 Å². The second-order valence-corrected chi connectivity index (χ2v) is 6.33. The molecule has 1 aliphatic rings. The lowest BCUT2D eigenvalue weighted by molar-refractivity contribution is -0.132. The van der Waals surface area contributed by atoms with Crippen molar-refractivity contribution in [1.29, 1.82) is 0 Å². The van der Waals surface area contributed by atoms with Crippen molar-refractivity contribution in [2.45, 2.75) is 20.4 Å². The van der Waals surface area contributed by atoms with Gasteiger partial charge in [0.25, 0.3) is 0 Å². The van der Waals surface area contributed by atoms with Crippen molar-refractivity contribution in [1.82, 2.24) is 20.1 Å². The molecule has 6 heteroatoms. The Morgan fingerprint density at radius 2 is 2.11 bits per heavy atom. The minimum Gasteiger partial charge on any atom is -0.339 e. The van der Waals surface area contributed by atoms with E-state index < -0.39 is 0 Å². The van der Waals surface area contributed by atoms with Crippen LogP contribution >= 0.6 is 11.3 Å². The fourth-order valence-electron chi connectivity index (χ4n) is 2.27. The molecule has 0 aliphatic carbocycles. The maximum atomic E-state index is 12.1. The molecule has 0 aromatic carbocycles. The highest BCUT2D eigenvalue weighted by Gasteiger charge is 2.18. The molecule has 1 fully saturated rings. The van der Waals surface area contributed by atoms with Crippen LogP contribution in [0.1, 0.15) is 15.6 Å². The summed E-state index contributed by atoms with van der Waals surface area (Å²) in [5, 5.41) is 4.35. The molecule has 2 rings (SSSR count). The Kier molecular flexibility index (Phi) is 4.90. The fourth-order valence-corrected chi connectivity index (χ4v) is 3.28. The molecule has 1 aliphatic heterocycles. The van der Waals surface area contributed by atoms with E-state index in [-0.39, 0.29) is 5.91 Å². The normalized spacial score (nSPS) is 16.1. The first kappa shape index (κ1) is 14.4. The number of carbonyl (C=O) groups excluding carboxylic acids is 1. The van der Waals surface area contributed by atoms with Crippen molar-refractivity contribution in [3.8, 4) is 0 Å². The molecule has 0 saturated carbocycles. The van der Waals surface area contributed by atoms with E-state index >= 15 is 0 Å². The van der Waals surface area contributed by atoms with Crippen molar-refractivity contribution in [2.75, 3.05) is 39.8 Å². The smallest absolute Gasteiger partial charge is 0.236 e. The van der Waals surface area contributed by atoms with Gasteiger partial charge in [-0.1, -0.05) is 0 Å². The number of thiazole rings is 1. The number of aromatic nitrogens is 1. The lowest BCUT2D eigenvalue weighted by atomic mass is 10.3. The molecule has 0 unspecified atom stereocenters. The zero-order chi connectivity index (χ0) is 13.8. The predicted octanol–water partition coefficient (Wildman–Crippen LogP) is 0.624. The van der Waals surface area contributed by atoms with Gasteiger partial charge in [-0.2, -0.15) is 0 Å². The van der Waals surface area contributed by atoms with Gasteiger partial charge in [0.1, 0.15) is 0 Å². The number of rotatable bonds is 4. The van der Waals surface area contributed by atoms with E-state index in [2.05, 4.69) is 15.2 Å². The first-order chi connectivity index (χ1) is 9.06. The van der Waals surface area contributed by atoms with Crippen LogP contribution < -0.4 is 5.32 Å². The zero-order valence-corrected chi connectivity index (χ0v) is 12.7. The van der Waals surface area contributed by atoms with Gasteiger partial charge >= 0.3 is 0 Å². The highest BCUT2D eigenvalue weighted by molar-refractivity contribution is 7.11. The molecule has 106 valence electrons. The quantitative estimate of drug-likeness (QED) is 0.880. The number of amides is 1. The highest BCUT2D eigenvalue weighted by Crippen LogP contribution is 2.18. The zero-order valence-electron chi connectivity index (χ0n) is 11.9. The number of carbonyl (C=O) groups is 1. The number of piperazine rings is 1. The van der Waals surface area contributed by atoms with Crippen LogP contribution in [-0.4, -0.2) is 60.5 Å². The third-order valence-electron chi connectivity index (χ3n) is 3.29. The molecule has 5 nitrogen and oxygen atoms in total. The van der Waals surface area contributed by atoms with Gasteiger partial charge in [-0.05, 0) is 20.9 Å². The van der Waals surface area contributed by atoms with Gasteiger partial charge in [-0.3, -0.25) is 9.69 Å². The van der Waals surface area contributed by atoms with Crippen LogP contribution in [-0.2, 0) is 11.3 Å². The molecule has 0 atom stereocenters. The molecule has 2 heterocycles. The average Bonchev–Trinajstić information content (AvgIpc) is 2.68. The summed E-state index contributed by atoms with van der Waals surface area (Å²) in [6.45, 7) is 8.80. The van der Waals surface area contributed by atoms with Gasteiger partial charge in [0, 0.05) is 37.6 Å². The van der Waals surface area contributed by atoms with Crippen LogP contribution in [0.3, 0.4) is 0 Å². The van der Waals surface area contributed by atoms with E-state index in [1.807, 2.05) is 25.8 Å². The van der Waals surface area contributed by atoms with Gasteiger partial charge in [0.05, 0.1) is 17.2 Å². The van der Waals surface area contributed by atoms with Gasteiger partial charge < -0.3 is 10.2 Å². The van der Waals surface area contributed by atoms with E-state index in [4.69, 9.17) is 0 Å². The molecule has 0 spiro atoms. The topological polar surface area (TPSA) is 48.5 Å². The molecule has 1 N–H and O–H groups in total. The van der Waals surface area contributed by atoms with Crippen molar-refractivity contribution in [3.63, 3.8) is 0 Å². The summed E-state index contributed by atoms with van der Waals surface area (Å²) >= 11 is 1.72. The second-order valence-electron chi connectivity index (χ2n) is 5.04. The molecule has 1 aromatic heterocycles. The maximum absolute atomic E-state index is 12.1. The minimum atomic E-state index is 0.225. The van der Waals surface area contributed by atoms with Crippen LogP contribution in [0.4, 0.5) is 0 Å². The first-order valence-electron chi connectivity index (χ1n) is 6.66. The number of likely N-dealkylation sites (N-methyl/N-ethyl adjacent to an activating group) is 1. The summed E-state index contributed by atoms with van der Waals surface area (Å²) < 4.78 is 0. The fraction of sp³-hybridized carbons (Fsp3) is 0.692. The van der Waals surface area contributed by atoms with Crippen molar-refractivity contribution in [3.05, 3.63) is 15.6 Å². The molecule has 1 saturated heterocycles. The van der Waals surface area contributed by atoms with Crippen LogP contribution in [0.25, 0.3) is 0 Å². The standard InChI is InChI=1S/C13H22N4OS/c1-10-12(19-11(2)15-10)8-16(3)9-13(18)17-6-4-14-5-7-17/h14H,4-9H2,1-3H3. The third-order valence-corrected chi connectivity index (χ3v) is 4.35. The molecule has 1 amide bonds. The SMILES string of the molecule is Cc1nc(C)c(CN(C)CC(=O)N2CCNCC2)s1. The highest BCUT2D eigenvalue weighted by atomic mass is 32.1. The van der Waals surface area contributed by atoms with Crippen molar-refractivity contribution in [2.24, 2.45) is 0 Å². The lowest BCUT2D eigenvalue weighted by Crippen LogP contribution is -2.49. The van der Waals surface area contributed by atoms with E-state index in [0.717, 1.165) is 43.4 Å². The average molecular weight is 282 g/mol. The van der Waals surface area contributed by atoms with Gasteiger partial charge in [0.15, 0.2) is 0 Å². The largest absolute Gasteiger partial charge is 0.339 e. The van der Waals surface area contributed by atoms with Crippen LogP contribution in [0.2, 0.25) is 0 Å². The summed E-state index contributed by atoms with van der Waals surface area (Å²) in [5.74, 6) is 0.225. The Balaban J connectivity index is 1.85. The molecular weight excluding hydrogens is 260 g/mol. The van der Waals surface area contributed by atoms with Gasteiger partial charge in [0.2, 0.25) is 5.91 Å². The monoisotopic (exact) mass is 282 g/mol. The summed E-state index contributed by atoms with van der Waals surface area (Å²) in [7, 11) is 1.99. The third kappa shape index (κ3) is 3.99. The summed E-state index contributed by atoms with van der Waals surface area (Å²) in [5.41, 5.74) is 1.09. The minimum absolute atomic E-state index is 0.225. The maximum Gasteiger partial charge on any atom is 0.236 e. The Labute approximate surface area is 118 Å². The second kappa shape index (κ2) is 6.45. The molecule has 19 heavy (non-hydrogen) atoms. The molecule has 0 bridgehead atoms. The van der Waals surface area contributed by atoms with Crippen LogP contribution in [0.5, 0.6) is 0 Å². The van der Waals surface area contributed by atoms with Crippen LogP contribution in [0.15, 0.2) is 0 Å². The number of hydrogen-bond donors (Lipinski definition) is 1.